The molecular weight excluding hydrogens is 323 g/mol. The molecule has 1 heterocycles. The van der Waals surface area contributed by atoms with Gasteiger partial charge >= 0.3 is 19.5 Å². The Kier molecular flexibility index (Phi) is 6.30. The van der Waals surface area contributed by atoms with E-state index in [0.717, 1.165) is 5.69 Å². The second-order valence-corrected chi connectivity index (χ2v) is 3.75. The molecule has 0 bridgehead atoms. The van der Waals surface area contributed by atoms with E-state index in [1.165, 1.54) is 16.3 Å². The molecule has 0 saturated heterocycles. The number of nitrogens with zero attached hydrogens (tertiary/aromatic N) is 1. The number of pyridine rings is 1. The zero-order valence-electron chi connectivity index (χ0n) is 10.3. The fourth-order valence-electron chi connectivity index (χ4n) is 1.95. The standard InChI is InChI=1S/C15H11N.H4N2.Ru/c1-2-7-13(8-3-1)15-14-9-5-4-6-12(14)10-11-16-15;1-2;/h1-11H;1-2H2;/q;;+3. The van der Waals surface area contributed by atoms with Crippen LogP contribution >= 0.6 is 0 Å². The summed E-state index contributed by atoms with van der Waals surface area (Å²) < 4.78 is 0. The molecule has 0 atom stereocenters. The van der Waals surface area contributed by atoms with Crippen molar-refractivity contribution < 1.29 is 19.5 Å². The molecule has 0 aliphatic carbocycles. The van der Waals surface area contributed by atoms with Crippen LogP contribution in [0.4, 0.5) is 0 Å². The Hall–Kier alpha value is -1.61. The van der Waals surface area contributed by atoms with Gasteiger partial charge in [-0.05, 0) is 11.5 Å². The van der Waals surface area contributed by atoms with Crippen LogP contribution in [0.15, 0.2) is 66.9 Å². The van der Waals surface area contributed by atoms with Crippen LogP contribution in [0.25, 0.3) is 22.0 Å². The first-order chi connectivity index (χ1) is 8.95. The van der Waals surface area contributed by atoms with Gasteiger partial charge in [-0.2, -0.15) is 0 Å². The third kappa shape index (κ3) is 3.45. The van der Waals surface area contributed by atoms with E-state index in [9.17, 15) is 0 Å². The van der Waals surface area contributed by atoms with Crippen molar-refractivity contribution in [3.63, 3.8) is 0 Å². The largest absolute Gasteiger partial charge is 3.00 e. The molecular formula is C15H15N3Ru+3. The van der Waals surface area contributed by atoms with Crippen LogP contribution in [-0.2, 0) is 19.5 Å². The number of hydrogen-bond donors (Lipinski definition) is 2. The Balaban J connectivity index is 0.000000576. The number of hydrogen-bond acceptors (Lipinski definition) is 3. The fraction of sp³-hybridized carbons (Fsp3) is 0. The molecule has 0 spiro atoms. The Bertz CT molecular complexity index is 621. The monoisotopic (exact) mass is 339 g/mol. The molecule has 3 aromatic rings. The van der Waals surface area contributed by atoms with Crippen molar-refractivity contribution in [3.8, 4) is 11.3 Å². The van der Waals surface area contributed by atoms with Crippen LogP contribution in [0.3, 0.4) is 0 Å². The number of fused-ring (bicyclic) bond motifs is 1. The third-order valence-electron chi connectivity index (χ3n) is 2.72. The molecule has 0 unspecified atom stereocenters. The van der Waals surface area contributed by atoms with E-state index in [-0.39, 0.29) is 19.5 Å². The van der Waals surface area contributed by atoms with Crippen molar-refractivity contribution >= 4 is 10.8 Å². The zero-order valence-corrected chi connectivity index (χ0v) is 12.0. The minimum absolute atomic E-state index is 0. The van der Waals surface area contributed by atoms with E-state index in [1.54, 1.807) is 0 Å². The minimum Gasteiger partial charge on any atom is -0.274 e. The molecule has 3 rings (SSSR count). The summed E-state index contributed by atoms with van der Waals surface area (Å²) in [5.74, 6) is 8.00. The van der Waals surface area contributed by atoms with Gasteiger partial charge in [-0.3, -0.25) is 16.7 Å². The molecule has 0 fully saturated rings. The third-order valence-corrected chi connectivity index (χ3v) is 2.72. The first-order valence-corrected chi connectivity index (χ1v) is 5.68. The molecule has 0 aliphatic heterocycles. The van der Waals surface area contributed by atoms with Gasteiger partial charge in [0.2, 0.25) is 0 Å². The zero-order chi connectivity index (χ0) is 12.8. The first-order valence-electron chi connectivity index (χ1n) is 5.68. The molecule has 3 nitrogen and oxygen atoms in total. The Morgan fingerprint density at radius 2 is 1.37 bits per heavy atom. The Morgan fingerprint density at radius 1 is 0.737 bits per heavy atom. The molecule has 1 aromatic heterocycles. The fourth-order valence-corrected chi connectivity index (χ4v) is 1.95. The molecule has 0 saturated carbocycles. The second-order valence-electron chi connectivity index (χ2n) is 3.75. The summed E-state index contributed by atoms with van der Waals surface area (Å²) in [5, 5.41) is 2.44. The van der Waals surface area contributed by atoms with Gasteiger partial charge in [0.1, 0.15) is 0 Å². The van der Waals surface area contributed by atoms with E-state index in [1.807, 2.05) is 30.5 Å². The van der Waals surface area contributed by atoms with Crippen molar-refractivity contribution in [3.05, 3.63) is 66.9 Å². The van der Waals surface area contributed by atoms with Gasteiger partial charge in [-0.1, -0.05) is 54.6 Å². The van der Waals surface area contributed by atoms with Crippen molar-refractivity contribution in [1.29, 1.82) is 0 Å². The molecule has 2 aromatic carbocycles. The van der Waals surface area contributed by atoms with Crippen LogP contribution < -0.4 is 11.7 Å². The van der Waals surface area contributed by atoms with E-state index in [0.29, 0.717) is 0 Å². The van der Waals surface area contributed by atoms with Gasteiger partial charge in [0.05, 0.1) is 5.69 Å². The van der Waals surface area contributed by atoms with Crippen LogP contribution in [0.5, 0.6) is 0 Å². The molecule has 4 N–H and O–H groups in total. The maximum absolute atomic E-state index is 4.48. The van der Waals surface area contributed by atoms with Gasteiger partial charge in [-0.25, -0.2) is 0 Å². The molecule has 4 heteroatoms. The van der Waals surface area contributed by atoms with E-state index in [2.05, 4.69) is 53.1 Å². The van der Waals surface area contributed by atoms with Crippen LogP contribution in [0.1, 0.15) is 0 Å². The van der Waals surface area contributed by atoms with Crippen molar-refractivity contribution in [2.75, 3.05) is 0 Å². The number of hydrazine groups is 1. The summed E-state index contributed by atoms with van der Waals surface area (Å²) in [5.41, 5.74) is 2.22. The summed E-state index contributed by atoms with van der Waals surface area (Å²) in [6.07, 6.45) is 1.87. The number of aromatic nitrogens is 1. The first kappa shape index (κ1) is 15.5. The SMILES string of the molecule is NN.[Ru+3].c1ccc(-c2nccc3ccccc23)cc1. The van der Waals surface area contributed by atoms with E-state index < -0.39 is 0 Å². The molecule has 0 aliphatic rings. The van der Waals surface area contributed by atoms with Gasteiger partial charge < -0.3 is 0 Å². The summed E-state index contributed by atoms with van der Waals surface area (Å²) in [6, 6.07) is 20.7. The predicted octanol–water partition coefficient (Wildman–Crippen LogP) is 2.72. The average Bonchev–Trinajstić information content (AvgIpc) is 2.50. The summed E-state index contributed by atoms with van der Waals surface area (Å²) in [6.45, 7) is 0. The van der Waals surface area contributed by atoms with E-state index >= 15 is 0 Å². The molecule has 95 valence electrons. The van der Waals surface area contributed by atoms with Gasteiger partial charge in [0, 0.05) is 17.1 Å². The van der Waals surface area contributed by atoms with E-state index in [4.69, 9.17) is 0 Å². The maximum Gasteiger partial charge on any atom is 3.00 e. The summed E-state index contributed by atoms with van der Waals surface area (Å²) in [4.78, 5) is 4.48. The quantitative estimate of drug-likeness (QED) is 0.407. The Labute approximate surface area is 125 Å². The van der Waals surface area contributed by atoms with Crippen LogP contribution in [0, 0.1) is 0 Å². The molecule has 1 radical (unpaired) electrons. The Morgan fingerprint density at radius 3 is 2.11 bits per heavy atom. The molecule has 19 heavy (non-hydrogen) atoms. The average molecular weight is 338 g/mol. The predicted molar refractivity (Wildman–Crippen MR) is 75.6 cm³/mol. The van der Waals surface area contributed by atoms with Gasteiger partial charge in [0.15, 0.2) is 0 Å². The summed E-state index contributed by atoms with van der Waals surface area (Å²) in [7, 11) is 0. The van der Waals surface area contributed by atoms with Crippen molar-refractivity contribution in [2.24, 2.45) is 11.7 Å². The normalized spacial score (nSPS) is 9.16. The summed E-state index contributed by atoms with van der Waals surface area (Å²) >= 11 is 0. The number of benzene rings is 2. The second kappa shape index (κ2) is 7.75. The van der Waals surface area contributed by atoms with Gasteiger partial charge in [0.25, 0.3) is 0 Å². The minimum atomic E-state index is 0. The number of nitrogens with two attached hydrogens (primary N) is 2. The molecule has 0 amide bonds. The maximum atomic E-state index is 4.48. The van der Waals surface area contributed by atoms with Gasteiger partial charge in [-0.15, -0.1) is 0 Å². The number of rotatable bonds is 1. The van der Waals surface area contributed by atoms with Crippen LogP contribution in [-0.4, -0.2) is 4.98 Å². The smallest absolute Gasteiger partial charge is 0.274 e. The topological polar surface area (TPSA) is 64.9 Å². The van der Waals surface area contributed by atoms with Crippen LogP contribution in [0.2, 0.25) is 0 Å². The van der Waals surface area contributed by atoms with Crippen molar-refractivity contribution in [2.45, 2.75) is 0 Å². The van der Waals surface area contributed by atoms with Crippen molar-refractivity contribution in [1.82, 2.24) is 4.98 Å².